The first kappa shape index (κ1) is 30.4. The van der Waals surface area contributed by atoms with E-state index in [9.17, 15) is 23.1 Å². The molecule has 1 N–H and O–H groups in total. The molecule has 2 aromatic carbocycles. The van der Waals surface area contributed by atoms with E-state index in [-0.39, 0.29) is 0 Å². The Kier molecular flexibility index (Phi) is 7.84. The third-order valence-corrected chi connectivity index (χ3v) is 11.1. The molecule has 0 aliphatic heterocycles. The zero-order valence-electron chi connectivity index (χ0n) is 25.1. The second-order valence-corrected chi connectivity index (χ2v) is 13.8. The Hall–Kier alpha value is -4.22. The lowest BCUT2D eigenvalue weighted by Gasteiger charge is -2.24. The third kappa shape index (κ3) is 5.55. The summed E-state index contributed by atoms with van der Waals surface area (Å²) >= 11 is 1.95. The number of benzene rings is 2. The number of carboxylic acids is 1. The van der Waals surface area contributed by atoms with Crippen LogP contribution in [0.3, 0.4) is 0 Å². The van der Waals surface area contributed by atoms with E-state index >= 15 is 0 Å². The lowest BCUT2D eigenvalue weighted by molar-refractivity contribution is -0.137. The Morgan fingerprint density at radius 2 is 1.83 bits per heavy atom. The van der Waals surface area contributed by atoms with Crippen molar-refractivity contribution >= 4 is 49.8 Å². The molecule has 0 atom stereocenters. The van der Waals surface area contributed by atoms with E-state index in [1.807, 2.05) is 42.5 Å². The van der Waals surface area contributed by atoms with E-state index in [1.165, 1.54) is 23.3 Å². The smallest absolute Gasteiger partial charge is 0.443 e. The maximum absolute atomic E-state index is 13.3. The number of thiophene rings is 1. The molecule has 6 aromatic rings. The largest absolute Gasteiger partial charge is 0.497 e. The number of ether oxygens (including phenoxy) is 1. The van der Waals surface area contributed by atoms with Crippen molar-refractivity contribution in [3.63, 3.8) is 0 Å². The number of thiazole rings is 1. The number of alkyl halides is 3. The fourth-order valence-corrected chi connectivity index (χ4v) is 8.64. The number of halogens is 3. The molecule has 4 heterocycles. The second-order valence-electron chi connectivity index (χ2n) is 11.7. The topological polar surface area (TPSA) is 77.2 Å². The molecule has 0 bridgehead atoms. The highest BCUT2D eigenvalue weighted by molar-refractivity contribution is 7.21. The van der Waals surface area contributed by atoms with E-state index < -0.39 is 17.2 Å². The normalized spacial score (nSPS) is 14.4. The summed E-state index contributed by atoms with van der Waals surface area (Å²) in [5.41, 5.74) is 6.59. The van der Waals surface area contributed by atoms with Crippen LogP contribution in [-0.4, -0.2) is 32.7 Å². The molecule has 1 aliphatic carbocycles. The van der Waals surface area contributed by atoms with Crippen LogP contribution in [0.1, 0.15) is 69.5 Å². The molecule has 11 heteroatoms. The highest BCUT2D eigenvalue weighted by Crippen LogP contribution is 2.47. The number of aromatic nitrogens is 3. The van der Waals surface area contributed by atoms with Crippen molar-refractivity contribution in [1.29, 1.82) is 0 Å². The Morgan fingerprint density at radius 3 is 2.54 bits per heavy atom. The van der Waals surface area contributed by atoms with Crippen molar-refractivity contribution in [1.82, 2.24) is 14.5 Å². The number of hydrogen-bond donors (Lipinski definition) is 1. The number of methoxy groups -OCH3 is 1. The van der Waals surface area contributed by atoms with Crippen LogP contribution in [0.15, 0.2) is 60.7 Å². The fourth-order valence-electron chi connectivity index (χ4n) is 6.61. The molecule has 0 amide bonds. The standard InChI is InChI=1S/C35H30F3N3O3S2/c1-19-31(46-34(39-19)35(36,37)38)26-14-11-22-16-23(12-13-25(22)40-26)30-29(21-8-4-3-5-9-21)32-27(17-28(45-32)33(42)43)41(30)18-20-7-6-10-24(15-20)44-2/h6-7,10-17,21H,3-5,8-9,18H2,1-2H3,(H,42,43). The van der Waals surface area contributed by atoms with Crippen molar-refractivity contribution in [2.24, 2.45) is 0 Å². The Labute approximate surface area is 271 Å². The average molecular weight is 662 g/mol. The summed E-state index contributed by atoms with van der Waals surface area (Å²) in [5.74, 6) is 0.112. The molecular weight excluding hydrogens is 632 g/mol. The quantitative estimate of drug-likeness (QED) is 0.184. The molecule has 1 saturated carbocycles. The van der Waals surface area contributed by atoms with Gasteiger partial charge in [-0.15, -0.1) is 22.7 Å². The maximum atomic E-state index is 13.3. The summed E-state index contributed by atoms with van der Waals surface area (Å²) < 4.78 is 48.8. The zero-order chi connectivity index (χ0) is 32.2. The van der Waals surface area contributed by atoms with Gasteiger partial charge in [-0.3, -0.25) is 0 Å². The van der Waals surface area contributed by atoms with Crippen molar-refractivity contribution in [2.45, 2.75) is 57.7 Å². The van der Waals surface area contributed by atoms with Gasteiger partial charge in [0.1, 0.15) is 10.6 Å². The Balaban J connectivity index is 1.40. The van der Waals surface area contributed by atoms with Crippen LogP contribution in [0.2, 0.25) is 0 Å². The second kappa shape index (κ2) is 11.9. The van der Waals surface area contributed by atoms with Gasteiger partial charge in [0.15, 0.2) is 5.01 Å². The first-order valence-electron chi connectivity index (χ1n) is 15.1. The van der Waals surface area contributed by atoms with Gasteiger partial charge in [-0.2, -0.15) is 13.2 Å². The van der Waals surface area contributed by atoms with Crippen LogP contribution < -0.4 is 4.74 Å². The molecule has 7 rings (SSSR count). The van der Waals surface area contributed by atoms with E-state index in [0.717, 1.165) is 63.9 Å². The minimum atomic E-state index is -4.51. The van der Waals surface area contributed by atoms with Gasteiger partial charge in [0.05, 0.1) is 44.8 Å². The predicted molar refractivity (Wildman–Crippen MR) is 176 cm³/mol. The molecule has 0 radical (unpaired) electrons. The Morgan fingerprint density at radius 1 is 1.02 bits per heavy atom. The van der Waals surface area contributed by atoms with Crippen LogP contribution in [0.25, 0.3) is 42.9 Å². The summed E-state index contributed by atoms with van der Waals surface area (Å²) in [6.07, 6.45) is 1.02. The van der Waals surface area contributed by atoms with E-state index in [1.54, 1.807) is 26.2 Å². The lowest BCUT2D eigenvalue weighted by atomic mass is 9.83. The molecule has 1 aliphatic rings. The summed E-state index contributed by atoms with van der Waals surface area (Å²) in [5, 5.41) is 9.92. The molecule has 46 heavy (non-hydrogen) atoms. The van der Waals surface area contributed by atoms with E-state index in [4.69, 9.17) is 9.72 Å². The molecular formula is C35H30F3N3O3S2. The van der Waals surface area contributed by atoms with Crippen LogP contribution in [0, 0.1) is 6.92 Å². The summed E-state index contributed by atoms with van der Waals surface area (Å²) in [6, 6.07) is 19.4. The number of fused-ring (bicyclic) bond motifs is 2. The highest BCUT2D eigenvalue weighted by atomic mass is 32.1. The first-order valence-corrected chi connectivity index (χ1v) is 16.7. The SMILES string of the molecule is COc1cccc(Cn2c(-c3ccc4nc(-c5sc(C(F)(F)F)nc5C)ccc4c3)c(C3CCCCC3)c3sc(C(=O)O)cc32)c1. The van der Waals surface area contributed by atoms with Gasteiger partial charge in [-0.1, -0.05) is 43.5 Å². The van der Waals surface area contributed by atoms with Crippen LogP contribution >= 0.6 is 22.7 Å². The summed E-state index contributed by atoms with van der Waals surface area (Å²) in [4.78, 5) is 21.3. The Bertz CT molecular complexity index is 2110. The van der Waals surface area contributed by atoms with Gasteiger partial charge in [-0.05, 0) is 78.8 Å². The summed E-state index contributed by atoms with van der Waals surface area (Å²) in [6.45, 7) is 2.09. The molecule has 6 nitrogen and oxygen atoms in total. The minimum Gasteiger partial charge on any atom is -0.497 e. The monoisotopic (exact) mass is 661 g/mol. The number of aromatic carboxylic acids is 1. The van der Waals surface area contributed by atoms with Crippen LogP contribution in [0.5, 0.6) is 5.75 Å². The van der Waals surface area contributed by atoms with Crippen molar-refractivity contribution in [3.8, 4) is 27.6 Å². The molecule has 0 spiro atoms. The van der Waals surface area contributed by atoms with Crippen LogP contribution in [-0.2, 0) is 12.7 Å². The average Bonchev–Trinajstić information content (AvgIpc) is 3.74. The highest BCUT2D eigenvalue weighted by Gasteiger charge is 2.36. The lowest BCUT2D eigenvalue weighted by Crippen LogP contribution is -2.08. The van der Waals surface area contributed by atoms with Gasteiger partial charge in [-0.25, -0.2) is 14.8 Å². The summed E-state index contributed by atoms with van der Waals surface area (Å²) in [7, 11) is 1.64. The number of rotatable bonds is 7. The predicted octanol–water partition coefficient (Wildman–Crippen LogP) is 10.2. The van der Waals surface area contributed by atoms with E-state index in [0.29, 0.717) is 50.5 Å². The molecule has 0 saturated heterocycles. The van der Waals surface area contributed by atoms with Crippen molar-refractivity contribution in [2.75, 3.05) is 7.11 Å². The minimum absolute atomic E-state index is 0.298. The fraction of sp³-hybridized carbons (Fsp3) is 0.286. The maximum Gasteiger partial charge on any atom is 0.443 e. The van der Waals surface area contributed by atoms with Gasteiger partial charge >= 0.3 is 12.1 Å². The number of pyridine rings is 1. The van der Waals surface area contributed by atoms with Gasteiger partial charge < -0.3 is 14.4 Å². The van der Waals surface area contributed by atoms with Crippen molar-refractivity contribution < 1.29 is 27.8 Å². The third-order valence-electron chi connectivity index (χ3n) is 8.71. The number of aryl methyl sites for hydroxylation is 1. The van der Waals surface area contributed by atoms with Crippen LogP contribution in [0.4, 0.5) is 13.2 Å². The number of nitrogens with zero attached hydrogens (tertiary/aromatic N) is 3. The molecule has 4 aromatic heterocycles. The molecule has 0 unspecified atom stereocenters. The van der Waals surface area contributed by atoms with E-state index in [2.05, 4.69) is 15.6 Å². The number of hydrogen-bond acceptors (Lipinski definition) is 6. The number of carbonyl (C=O) groups is 1. The van der Waals surface area contributed by atoms with Gasteiger partial charge in [0, 0.05) is 11.9 Å². The zero-order valence-corrected chi connectivity index (χ0v) is 26.8. The molecule has 1 fully saturated rings. The molecule has 236 valence electrons. The van der Waals surface area contributed by atoms with Gasteiger partial charge in [0.2, 0.25) is 0 Å². The first-order chi connectivity index (χ1) is 22.1. The van der Waals surface area contributed by atoms with Gasteiger partial charge in [0.25, 0.3) is 0 Å². The number of carboxylic acid groups (broad SMARTS) is 1. The van der Waals surface area contributed by atoms with Crippen molar-refractivity contribution in [3.05, 3.63) is 87.4 Å².